The number of benzene rings is 1. The molecule has 2 heterocycles. The topological polar surface area (TPSA) is 73.1 Å². The van der Waals surface area contributed by atoms with Crippen molar-refractivity contribution < 1.29 is 9.53 Å². The van der Waals surface area contributed by atoms with Crippen LogP contribution in [0.15, 0.2) is 30.3 Å². The molecule has 7 heteroatoms. The summed E-state index contributed by atoms with van der Waals surface area (Å²) in [5, 5.41) is 11.8. The van der Waals surface area contributed by atoms with Gasteiger partial charge in [0.2, 0.25) is 0 Å². The fraction of sp³-hybridized carbons (Fsp3) is 0.333. The minimum Gasteiger partial charge on any atom is -0.378 e. The highest BCUT2D eigenvalue weighted by Crippen LogP contribution is 2.05. The van der Waals surface area contributed by atoms with Crippen molar-refractivity contribution in [1.82, 2.24) is 25.1 Å². The van der Waals surface area contributed by atoms with Crippen molar-refractivity contribution in [2.75, 3.05) is 26.3 Å². The lowest BCUT2D eigenvalue weighted by atomic mass is 10.3. The van der Waals surface area contributed by atoms with E-state index < -0.39 is 0 Å². The minimum atomic E-state index is -0.203. The molecule has 1 fully saturated rings. The van der Waals surface area contributed by atoms with Crippen LogP contribution in [0.2, 0.25) is 0 Å². The van der Waals surface area contributed by atoms with Crippen LogP contribution < -0.4 is 0 Å². The maximum absolute atomic E-state index is 12.1. The number of hydrogen-bond acceptors (Lipinski definition) is 5. The number of para-hydroxylation sites is 1. The van der Waals surface area contributed by atoms with E-state index in [9.17, 15) is 4.79 Å². The summed E-state index contributed by atoms with van der Waals surface area (Å²) in [4.78, 5) is 15.2. The van der Waals surface area contributed by atoms with Crippen LogP contribution in [0.5, 0.6) is 0 Å². The van der Waals surface area contributed by atoms with Crippen molar-refractivity contribution in [3.05, 3.63) is 36.2 Å². The Bertz CT molecular complexity index is 563. The second-order valence-corrected chi connectivity index (χ2v) is 4.14. The molecule has 0 saturated carbocycles. The smallest absolute Gasteiger partial charge is 0.295 e. The zero-order valence-corrected chi connectivity index (χ0v) is 10.3. The average Bonchev–Trinajstić information content (AvgIpc) is 2.98. The van der Waals surface area contributed by atoms with Crippen LogP contribution in [0.25, 0.3) is 5.69 Å². The highest BCUT2D eigenvalue weighted by Gasteiger charge is 2.22. The second-order valence-electron chi connectivity index (χ2n) is 4.14. The van der Waals surface area contributed by atoms with Gasteiger partial charge in [0, 0.05) is 13.1 Å². The lowest BCUT2D eigenvalue weighted by Gasteiger charge is -2.25. The first-order chi connectivity index (χ1) is 9.34. The van der Waals surface area contributed by atoms with Gasteiger partial charge in [-0.3, -0.25) is 4.79 Å². The van der Waals surface area contributed by atoms with E-state index in [1.54, 1.807) is 4.90 Å². The quantitative estimate of drug-likeness (QED) is 0.766. The molecule has 1 amide bonds. The minimum absolute atomic E-state index is 0.116. The first-order valence-electron chi connectivity index (χ1n) is 6.07. The molecule has 0 spiro atoms. The van der Waals surface area contributed by atoms with Gasteiger partial charge in [0.15, 0.2) is 0 Å². The summed E-state index contributed by atoms with van der Waals surface area (Å²) in [6, 6.07) is 9.36. The largest absolute Gasteiger partial charge is 0.378 e. The summed E-state index contributed by atoms with van der Waals surface area (Å²) in [5.74, 6) is -0.0868. The fourth-order valence-corrected chi connectivity index (χ4v) is 1.88. The lowest BCUT2D eigenvalue weighted by Crippen LogP contribution is -2.41. The van der Waals surface area contributed by atoms with Crippen molar-refractivity contribution in [3.8, 4) is 5.69 Å². The monoisotopic (exact) mass is 259 g/mol. The fourth-order valence-electron chi connectivity index (χ4n) is 1.88. The summed E-state index contributed by atoms with van der Waals surface area (Å²) >= 11 is 0. The Kier molecular flexibility index (Phi) is 3.20. The molecular formula is C12H13N5O2. The summed E-state index contributed by atoms with van der Waals surface area (Å²) in [5.41, 5.74) is 0.774. The van der Waals surface area contributed by atoms with Crippen LogP contribution >= 0.6 is 0 Å². The maximum atomic E-state index is 12.1. The van der Waals surface area contributed by atoms with E-state index in [1.165, 1.54) is 4.80 Å². The molecule has 7 nitrogen and oxygen atoms in total. The van der Waals surface area contributed by atoms with E-state index in [2.05, 4.69) is 15.4 Å². The molecule has 1 aliphatic rings. The SMILES string of the molecule is O=C(c1nnn(-c2ccccc2)n1)N1CCOCC1. The highest BCUT2D eigenvalue weighted by atomic mass is 16.5. The van der Waals surface area contributed by atoms with Crippen molar-refractivity contribution in [1.29, 1.82) is 0 Å². The van der Waals surface area contributed by atoms with Crippen molar-refractivity contribution in [2.24, 2.45) is 0 Å². The van der Waals surface area contributed by atoms with E-state index in [0.717, 1.165) is 5.69 Å². The molecular weight excluding hydrogens is 246 g/mol. The summed E-state index contributed by atoms with van der Waals surface area (Å²) in [6.45, 7) is 2.24. The van der Waals surface area contributed by atoms with Gasteiger partial charge in [-0.25, -0.2) is 0 Å². The van der Waals surface area contributed by atoms with Crippen molar-refractivity contribution >= 4 is 5.91 Å². The molecule has 0 aliphatic carbocycles. The average molecular weight is 259 g/mol. The van der Waals surface area contributed by atoms with Gasteiger partial charge in [-0.2, -0.15) is 0 Å². The Labute approximate surface area is 109 Å². The van der Waals surface area contributed by atoms with Crippen LogP contribution in [0.3, 0.4) is 0 Å². The predicted molar refractivity (Wildman–Crippen MR) is 65.9 cm³/mol. The van der Waals surface area contributed by atoms with Gasteiger partial charge in [0.25, 0.3) is 11.7 Å². The molecule has 1 aromatic heterocycles. The summed E-state index contributed by atoms with van der Waals surface area (Å²) in [6.07, 6.45) is 0. The molecule has 3 rings (SSSR count). The molecule has 1 saturated heterocycles. The number of ether oxygens (including phenoxy) is 1. The third-order valence-corrected chi connectivity index (χ3v) is 2.89. The third kappa shape index (κ3) is 2.45. The van der Waals surface area contributed by atoms with Crippen LogP contribution in [-0.4, -0.2) is 57.3 Å². The van der Waals surface area contributed by atoms with Crippen LogP contribution in [-0.2, 0) is 4.74 Å². The maximum Gasteiger partial charge on any atom is 0.295 e. The third-order valence-electron chi connectivity index (χ3n) is 2.89. The Morgan fingerprint density at radius 3 is 2.63 bits per heavy atom. The van der Waals surface area contributed by atoms with Gasteiger partial charge in [-0.15, -0.1) is 15.0 Å². The zero-order valence-electron chi connectivity index (χ0n) is 10.3. The molecule has 0 radical (unpaired) electrons. The molecule has 0 atom stereocenters. The Morgan fingerprint density at radius 1 is 1.16 bits per heavy atom. The Morgan fingerprint density at radius 2 is 1.89 bits per heavy atom. The number of hydrogen-bond donors (Lipinski definition) is 0. The van der Waals surface area contributed by atoms with Gasteiger partial charge in [-0.05, 0) is 17.3 Å². The number of aromatic nitrogens is 4. The van der Waals surface area contributed by atoms with E-state index in [4.69, 9.17) is 4.74 Å². The number of carbonyl (C=O) groups excluding carboxylic acids is 1. The second kappa shape index (κ2) is 5.15. The highest BCUT2D eigenvalue weighted by molar-refractivity contribution is 5.90. The van der Waals surface area contributed by atoms with Gasteiger partial charge in [0.1, 0.15) is 0 Å². The normalized spacial score (nSPS) is 15.5. The van der Waals surface area contributed by atoms with E-state index >= 15 is 0 Å². The molecule has 19 heavy (non-hydrogen) atoms. The lowest BCUT2D eigenvalue weighted by molar-refractivity contribution is 0.0294. The molecule has 98 valence electrons. The van der Waals surface area contributed by atoms with Crippen LogP contribution in [0.1, 0.15) is 10.6 Å². The van der Waals surface area contributed by atoms with Gasteiger partial charge >= 0.3 is 0 Å². The number of rotatable bonds is 2. The molecule has 0 bridgehead atoms. The van der Waals surface area contributed by atoms with Crippen molar-refractivity contribution in [3.63, 3.8) is 0 Å². The molecule has 1 aromatic carbocycles. The first-order valence-corrected chi connectivity index (χ1v) is 6.07. The number of carbonyl (C=O) groups is 1. The van der Waals surface area contributed by atoms with Gasteiger partial charge in [-0.1, -0.05) is 18.2 Å². The zero-order chi connectivity index (χ0) is 13.1. The Hall–Kier alpha value is -2.28. The van der Waals surface area contributed by atoms with Crippen molar-refractivity contribution in [2.45, 2.75) is 0 Å². The van der Waals surface area contributed by atoms with Gasteiger partial charge < -0.3 is 9.64 Å². The van der Waals surface area contributed by atoms with E-state index in [0.29, 0.717) is 26.3 Å². The summed E-state index contributed by atoms with van der Waals surface area (Å²) < 4.78 is 5.20. The number of morpholine rings is 1. The van der Waals surface area contributed by atoms with Crippen LogP contribution in [0.4, 0.5) is 0 Å². The van der Waals surface area contributed by atoms with Crippen LogP contribution in [0, 0.1) is 0 Å². The summed E-state index contributed by atoms with van der Waals surface area (Å²) in [7, 11) is 0. The predicted octanol–water partition coefficient (Wildman–Crippen LogP) is 0.135. The van der Waals surface area contributed by atoms with Gasteiger partial charge in [0.05, 0.1) is 18.9 Å². The number of tetrazole rings is 1. The standard InChI is InChI=1S/C12H13N5O2/c18-12(16-6-8-19-9-7-16)11-13-15-17(14-11)10-4-2-1-3-5-10/h1-5H,6-9H2. The molecule has 0 N–H and O–H groups in total. The van der Waals surface area contributed by atoms with E-state index in [-0.39, 0.29) is 11.7 Å². The molecule has 2 aromatic rings. The Balaban J connectivity index is 1.79. The first kappa shape index (κ1) is 11.8. The molecule has 1 aliphatic heterocycles. The molecule has 0 unspecified atom stereocenters. The van der Waals surface area contributed by atoms with E-state index in [1.807, 2.05) is 30.3 Å². The number of nitrogens with zero attached hydrogens (tertiary/aromatic N) is 5. The number of amides is 1.